The summed E-state index contributed by atoms with van der Waals surface area (Å²) in [5.74, 6) is -2.53. The Bertz CT molecular complexity index is 1340. The Hall–Kier alpha value is -3.45. The fourth-order valence-corrected chi connectivity index (χ4v) is 4.22. The zero-order valence-corrected chi connectivity index (χ0v) is 22.3. The summed E-state index contributed by atoms with van der Waals surface area (Å²) in [5, 5.41) is 9.20. The predicted molar refractivity (Wildman–Crippen MR) is 136 cm³/mol. The predicted octanol–water partition coefficient (Wildman–Crippen LogP) is 6.67. The number of carboxylic acids is 1. The van der Waals surface area contributed by atoms with E-state index in [0.717, 1.165) is 23.8 Å². The van der Waals surface area contributed by atoms with E-state index in [1.165, 1.54) is 6.07 Å². The van der Waals surface area contributed by atoms with Gasteiger partial charge in [-0.05, 0) is 42.7 Å². The number of hydrogen-bond acceptors (Lipinski definition) is 5. The van der Waals surface area contributed by atoms with E-state index in [0.29, 0.717) is 32.5 Å². The van der Waals surface area contributed by atoms with Crippen LogP contribution in [-0.2, 0) is 17.6 Å². The summed E-state index contributed by atoms with van der Waals surface area (Å²) < 4.78 is 109. The molecular weight excluding hydrogens is 587 g/mol. The van der Waals surface area contributed by atoms with Gasteiger partial charge in [0.15, 0.2) is 6.10 Å². The van der Waals surface area contributed by atoms with Gasteiger partial charge in [0.1, 0.15) is 36.3 Å². The maximum Gasteiger partial charge on any atom is 0.425 e. The fourth-order valence-electron chi connectivity index (χ4n) is 4.22. The summed E-state index contributed by atoms with van der Waals surface area (Å²) in [7, 11) is 0. The number of fused-ring (bicyclic) bond motifs is 1. The van der Waals surface area contributed by atoms with Crippen LogP contribution in [0.4, 0.5) is 30.7 Å². The lowest BCUT2D eigenvalue weighted by Gasteiger charge is -2.28. The SMILES string of the molecule is C[C@H](Oc1ccc(COc2cc(F)c3c(c2)OCC(CN2CCC=C(C(=O)O)C2)=C3)cc1C(F)(F)F)C(F)(F)F.Cl. The molecule has 0 spiro atoms. The number of alkyl halides is 6. The smallest absolute Gasteiger partial charge is 0.425 e. The maximum atomic E-state index is 14.9. The molecule has 0 aliphatic carbocycles. The van der Waals surface area contributed by atoms with E-state index in [1.54, 1.807) is 12.2 Å². The van der Waals surface area contributed by atoms with Gasteiger partial charge in [-0.3, -0.25) is 4.90 Å². The van der Waals surface area contributed by atoms with Crippen molar-refractivity contribution in [1.29, 1.82) is 0 Å². The third-order valence-corrected chi connectivity index (χ3v) is 6.28. The number of carbonyl (C=O) groups is 1. The Balaban J connectivity index is 0.00000462. The number of carboxylic acid groups (broad SMARTS) is 1. The fraction of sp³-hybridized carbons (Fsp3) is 0.370. The van der Waals surface area contributed by atoms with Crippen LogP contribution in [0.15, 0.2) is 47.6 Å². The number of rotatable bonds is 8. The average Bonchev–Trinajstić information content (AvgIpc) is 2.87. The molecule has 0 aromatic heterocycles. The molecule has 0 fully saturated rings. The number of nitrogens with zero attached hydrogens (tertiary/aromatic N) is 1. The highest BCUT2D eigenvalue weighted by molar-refractivity contribution is 5.87. The zero-order chi connectivity index (χ0) is 29.2. The topological polar surface area (TPSA) is 68.2 Å². The molecule has 4 rings (SSSR count). The van der Waals surface area contributed by atoms with Crippen molar-refractivity contribution in [2.24, 2.45) is 0 Å². The maximum absolute atomic E-state index is 14.9. The highest BCUT2D eigenvalue weighted by Gasteiger charge is 2.41. The second kappa shape index (κ2) is 12.6. The first-order valence-electron chi connectivity index (χ1n) is 12.1. The molecule has 6 nitrogen and oxygen atoms in total. The van der Waals surface area contributed by atoms with Crippen LogP contribution in [0.2, 0.25) is 0 Å². The van der Waals surface area contributed by atoms with E-state index in [2.05, 4.69) is 4.74 Å². The van der Waals surface area contributed by atoms with Crippen molar-refractivity contribution in [3.8, 4) is 17.2 Å². The lowest BCUT2D eigenvalue weighted by Crippen LogP contribution is -2.35. The molecule has 2 aliphatic rings. The first-order valence-corrected chi connectivity index (χ1v) is 12.1. The highest BCUT2D eigenvalue weighted by Crippen LogP contribution is 2.39. The summed E-state index contributed by atoms with van der Waals surface area (Å²) in [5.41, 5.74) is -0.260. The first kappa shape index (κ1) is 32.1. The third-order valence-electron chi connectivity index (χ3n) is 6.28. The van der Waals surface area contributed by atoms with Crippen molar-refractivity contribution >= 4 is 24.5 Å². The Kier molecular flexibility index (Phi) is 9.85. The van der Waals surface area contributed by atoms with Crippen molar-refractivity contribution in [2.75, 3.05) is 26.2 Å². The van der Waals surface area contributed by atoms with E-state index < -0.39 is 48.2 Å². The number of hydrogen-bond donors (Lipinski definition) is 1. The molecule has 0 saturated heterocycles. The minimum atomic E-state index is -4.99. The number of halogens is 8. The molecule has 0 unspecified atom stereocenters. The molecule has 1 N–H and O–H groups in total. The van der Waals surface area contributed by atoms with Gasteiger partial charge in [0.05, 0.1) is 11.1 Å². The Morgan fingerprint density at radius 2 is 1.88 bits per heavy atom. The van der Waals surface area contributed by atoms with Crippen LogP contribution in [0.25, 0.3) is 6.08 Å². The van der Waals surface area contributed by atoms with Crippen LogP contribution in [0, 0.1) is 5.82 Å². The molecule has 0 bridgehead atoms. The van der Waals surface area contributed by atoms with Crippen LogP contribution in [0.3, 0.4) is 0 Å². The van der Waals surface area contributed by atoms with Gasteiger partial charge in [0.2, 0.25) is 0 Å². The van der Waals surface area contributed by atoms with Gasteiger partial charge in [-0.2, -0.15) is 26.3 Å². The van der Waals surface area contributed by atoms with E-state index in [1.807, 2.05) is 4.90 Å². The first-order chi connectivity index (χ1) is 18.7. The van der Waals surface area contributed by atoms with Crippen molar-refractivity contribution in [1.82, 2.24) is 4.90 Å². The molecule has 0 amide bonds. The summed E-state index contributed by atoms with van der Waals surface area (Å²) in [6, 6.07) is 4.94. The second-order valence-electron chi connectivity index (χ2n) is 9.36. The largest absolute Gasteiger partial charge is 0.489 e. The van der Waals surface area contributed by atoms with E-state index in [4.69, 9.17) is 9.47 Å². The molecule has 2 aromatic carbocycles. The minimum Gasteiger partial charge on any atom is -0.489 e. The summed E-state index contributed by atoms with van der Waals surface area (Å²) in [6.07, 6.45) is -8.45. The van der Waals surface area contributed by atoms with Crippen molar-refractivity contribution in [3.05, 3.63) is 70.1 Å². The Morgan fingerprint density at radius 3 is 2.54 bits per heavy atom. The van der Waals surface area contributed by atoms with Gasteiger partial charge in [-0.15, -0.1) is 12.4 Å². The van der Waals surface area contributed by atoms with Crippen molar-refractivity contribution in [2.45, 2.75) is 38.4 Å². The molecular formula is C27H25ClF7NO5. The Morgan fingerprint density at radius 1 is 1.15 bits per heavy atom. The lowest BCUT2D eigenvalue weighted by molar-refractivity contribution is -0.191. The molecule has 2 heterocycles. The summed E-state index contributed by atoms with van der Waals surface area (Å²) in [6.45, 7) is 1.55. The highest BCUT2D eigenvalue weighted by atomic mass is 35.5. The minimum absolute atomic E-state index is 0. The zero-order valence-electron chi connectivity index (χ0n) is 21.4. The van der Waals surface area contributed by atoms with Gasteiger partial charge >= 0.3 is 18.3 Å². The van der Waals surface area contributed by atoms with Crippen molar-refractivity contribution in [3.63, 3.8) is 0 Å². The molecule has 41 heavy (non-hydrogen) atoms. The van der Waals surface area contributed by atoms with Gasteiger partial charge in [0.25, 0.3) is 0 Å². The van der Waals surface area contributed by atoms with Gasteiger partial charge in [0, 0.05) is 37.3 Å². The van der Waals surface area contributed by atoms with Crippen LogP contribution < -0.4 is 14.2 Å². The number of ether oxygens (including phenoxy) is 3. The van der Waals surface area contributed by atoms with Gasteiger partial charge < -0.3 is 19.3 Å². The van der Waals surface area contributed by atoms with Crippen molar-refractivity contribution < 1.29 is 54.8 Å². The van der Waals surface area contributed by atoms with Gasteiger partial charge in [-0.1, -0.05) is 12.1 Å². The third kappa shape index (κ3) is 8.07. The van der Waals surface area contributed by atoms with Crippen LogP contribution in [0.5, 0.6) is 17.2 Å². The molecule has 224 valence electrons. The normalized spacial score (nSPS) is 16.4. The second-order valence-corrected chi connectivity index (χ2v) is 9.36. The number of benzene rings is 2. The molecule has 14 heteroatoms. The van der Waals surface area contributed by atoms with Gasteiger partial charge in [-0.25, -0.2) is 9.18 Å². The number of aliphatic carboxylic acids is 1. The molecule has 1 atom stereocenters. The van der Waals surface area contributed by atoms with Crippen LogP contribution in [-0.4, -0.2) is 54.5 Å². The van der Waals surface area contributed by atoms with E-state index in [9.17, 15) is 40.6 Å². The van der Waals surface area contributed by atoms with Crippen LogP contribution >= 0.6 is 12.4 Å². The molecule has 2 aliphatic heterocycles. The standard InChI is InChI=1S/C27H24F7NO5.ClH/c1-15(26(29,30)31)40-23-5-4-16(8-21(23)27(32,33)34)13-38-19-9-22(28)20-7-17(14-39-24(20)10-19)11-35-6-2-3-18(12-35)25(36)37;/h3-5,7-10,15H,2,6,11-14H2,1H3,(H,36,37);1H/t15-;/m0./s1. The van der Waals surface area contributed by atoms with E-state index in [-0.39, 0.29) is 53.8 Å². The van der Waals surface area contributed by atoms with E-state index >= 15 is 0 Å². The lowest BCUT2D eigenvalue weighted by atomic mass is 10.0. The molecule has 0 radical (unpaired) electrons. The summed E-state index contributed by atoms with van der Waals surface area (Å²) in [4.78, 5) is 13.1. The monoisotopic (exact) mass is 611 g/mol. The quantitative estimate of drug-likeness (QED) is 0.337. The molecule has 0 saturated carbocycles. The summed E-state index contributed by atoms with van der Waals surface area (Å²) >= 11 is 0. The molecule has 2 aromatic rings. The Labute approximate surface area is 236 Å². The van der Waals surface area contributed by atoms with Crippen LogP contribution in [0.1, 0.15) is 30.0 Å². The average molecular weight is 612 g/mol.